The largest absolute Gasteiger partial charge is 0.481 e. The van der Waals surface area contributed by atoms with Gasteiger partial charge in [0.15, 0.2) is 11.6 Å². The van der Waals surface area contributed by atoms with Gasteiger partial charge in [-0.2, -0.15) is 4.39 Å². The van der Waals surface area contributed by atoms with Crippen LogP contribution in [0.1, 0.15) is 30.6 Å². The summed E-state index contributed by atoms with van der Waals surface area (Å²) in [5, 5.41) is 9.24. The fourth-order valence-corrected chi connectivity index (χ4v) is 4.29. The third kappa shape index (κ3) is 3.86. The normalized spacial score (nSPS) is 20.1. The maximum Gasteiger partial charge on any atom is 0.308 e. The molecule has 1 N–H and O–H groups in total. The Morgan fingerprint density at radius 1 is 1.15 bits per heavy atom. The number of carboxylic acids is 1. The standard InChI is InChI=1S/C22H20FN7O3/c1-12-15-10-26-21(20-24-4-2-5-25-20)27-16(15)3-6-29(12)18-9-14(8-17(23)28-18)30-11-13(22(32)33)7-19(30)31/h2,4-5,8-10,12-13H,3,6-7,11H2,1H3,(H,32,33). The van der Waals surface area contributed by atoms with Gasteiger partial charge in [-0.15, -0.1) is 0 Å². The van der Waals surface area contributed by atoms with E-state index in [1.807, 2.05) is 11.8 Å². The van der Waals surface area contributed by atoms with Gasteiger partial charge in [-0.3, -0.25) is 9.59 Å². The quantitative estimate of drug-likeness (QED) is 0.596. The van der Waals surface area contributed by atoms with Crippen LogP contribution in [-0.2, 0) is 16.0 Å². The summed E-state index contributed by atoms with van der Waals surface area (Å²) in [6.07, 6.45) is 5.47. The highest BCUT2D eigenvalue weighted by atomic mass is 19.1. The number of anilines is 2. The number of carbonyl (C=O) groups excluding carboxylic acids is 1. The lowest BCUT2D eigenvalue weighted by Gasteiger charge is -2.35. The van der Waals surface area contributed by atoms with Crippen molar-refractivity contribution in [1.29, 1.82) is 0 Å². The summed E-state index contributed by atoms with van der Waals surface area (Å²) in [4.78, 5) is 48.3. The molecule has 0 aliphatic carbocycles. The topological polar surface area (TPSA) is 125 Å². The predicted octanol–water partition coefficient (Wildman–Crippen LogP) is 2.03. The van der Waals surface area contributed by atoms with E-state index in [0.29, 0.717) is 36.1 Å². The molecule has 2 aliphatic heterocycles. The molecule has 1 fully saturated rings. The van der Waals surface area contributed by atoms with Crippen molar-refractivity contribution in [2.75, 3.05) is 22.9 Å². The van der Waals surface area contributed by atoms with Gasteiger partial charge < -0.3 is 14.9 Å². The van der Waals surface area contributed by atoms with Gasteiger partial charge in [0.2, 0.25) is 11.9 Å². The molecule has 11 heteroatoms. The van der Waals surface area contributed by atoms with Crippen molar-refractivity contribution in [2.45, 2.75) is 25.8 Å². The molecule has 168 valence electrons. The number of halogens is 1. The van der Waals surface area contributed by atoms with Crippen LogP contribution in [0.2, 0.25) is 0 Å². The monoisotopic (exact) mass is 449 g/mol. The average Bonchev–Trinajstić information content (AvgIpc) is 3.21. The molecular formula is C22H20FN7O3. The van der Waals surface area contributed by atoms with E-state index in [-0.39, 0.29) is 24.9 Å². The molecule has 0 saturated carbocycles. The Bertz CT molecular complexity index is 1240. The van der Waals surface area contributed by atoms with Gasteiger partial charge in [0, 0.05) is 62.2 Å². The molecule has 33 heavy (non-hydrogen) atoms. The minimum absolute atomic E-state index is 0.00756. The van der Waals surface area contributed by atoms with Crippen molar-refractivity contribution in [3.05, 3.63) is 54.0 Å². The van der Waals surface area contributed by atoms with Crippen LogP contribution in [0.15, 0.2) is 36.8 Å². The number of rotatable bonds is 4. The van der Waals surface area contributed by atoms with Crippen LogP contribution in [0.4, 0.5) is 15.9 Å². The molecule has 2 atom stereocenters. The van der Waals surface area contributed by atoms with Crippen molar-refractivity contribution in [1.82, 2.24) is 24.9 Å². The van der Waals surface area contributed by atoms with Crippen molar-refractivity contribution in [3.63, 3.8) is 0 Å². The predicted molar refractivity (Wildman–Crippen MR) is 115 cm³/mol. The Balaban J connectivity index is 1.43. The van der Waals surface area contributed by atoms with E-state index >= 15 is 0 Å². The molecule has 0 aromatic carbocycles. The fraction of sp³-hybridized carbons (Fsp3) is 0.318. The number of carbonyl (C=O) groups is 2. The first-order valence-corrected chi connectivity index (χ1v) is 10.5. The summed E-state index contributed by atoms with van der Waals surface area (Å²) in [6.45, 7) is 2.49. The molecule has 3 aromatic rings. The molecule has 1 amide bonds. The second-order valence-electron chi connectivity index (χ2n) is 8.04. The summed E-state index contributed by atoms with van der Waals surface area (Å²) in [7, 11) is 0. The second kappa shape index (κ2) is 8.15. The van der Waals surface area contributed by atoms with E-state index in [9.17, 15) is 19.1 Å². The van der Waals surface area contributed by atoms with E-state index in [1.165, 1.54) is 4.90 Å². The van der Waals surface area contributed by atoms with Gasteiger partial charge in [-0.1, -0.05) is 0 Å². The number of aromatic nitrogens is 5. The third-order valence-corrected chi connectivity index (χ3v) is 6.02. The number of hydrogen-bond acceptors (Lipinski definition) is 8. The highest BCUT2D eigenvalue weighted by Crippen LogP contribution is 2.35. The number of amides is 1. The smallest absolute Gasteiger partial charge is 0.308 e. The van der Waals surface area contributed by atoms with Crippen molar-refractivity contribution in [2.24, 2.45) is 5.92 Å². The summed E-state index contributed by atoms with van der Waals surface area (Å²) >= 11 is 0. The Kier molecular flexibility index (Phi) is 5.15. The van der Waals surface area contributed by atoms with Gasteiger partial charge in [0.05, 0.1) is 23.3 Å². The lowest BCUT2D eigenvalue weighted by atomic mass is 9.99. The molecule has 5 heterocycles. The molecule has 1 saturated heterocycles. The summed E-state index contributed by atoms with van der Waals surface area (Å²) in [5.41, 5.74) is 2.06. The lowest BCUT2D eigenvalue weighted by Crippen LogP contribution is -2.36. The maximum atomic E-state index is 14.5. The Morgan fingerprint density at radius 3 is 2.67 bits per heavy atom. The molecule has 3 aromatic heterocycles. The van der Waals surface area contributed by atoms with E-state index < -0.39 is 17.8 Å². The first kappa shape index (κ1) is 20.9. The van der Waals surface area contributed by atoms with Gasteiger partial charge >= 0.3 is 5.97 Å². The zero-order valence-electron chi connectivity index (χ0n) is 17.7. The van der Waals surface area contributed by atoms with Gasteiger partial charge in [-0.05, 0) is 13.0 Å². The summed E-state index contributed by atoms with van der Waals surface area (Å²) in [5.74, 6) is -1.67. The fourth-order valence-electron chi connectivity index (χ4n) is 4.29. The molecule has 0 radical (unpaired) electrons. The highest BCUT2D eigenvalue weighted by Gasteiger charge is 2.36. The second-order valence-corrected chi connectivity index (χ2v) is 8.04. The number of fused-ring (bicyclic) bond motifs is 1. The molecule has 5 rings (SSSR count). The number of hydrogen-bond donors (Lipinski definition) is 1. The first-order valence-electron chi connectivity index (χ1n) is 10.5. The summed E-state index contributed by atoms with van der Waals surface area (Å²) in [6, 6.07) is 4.31. The molecule has 2 aliphatic rings. The van der Waals surface area contributed by atoms with E-state index in [4.69, 9.17) is 0 Å². The highest BCUT2D eigenvalue weighted by molar-refractivity contribution is 5.99. The van der Waals surface area contributed by atoms with Gasteiger partial charge in [-0.25, -0.2) is 24.9 Å². The Labute approximate surface area is 188 Å². The minimum Gasteiger partial charge on any atom is -0.481 e. The Hall–Kier alpha value is -4.02. The SMILES string of the molecule is CC1c2cnc(-c3ncccn3)nc2CCN1c1cc(N2CC(C(=O)O)CC2=O)cc(F)n1. The van der Waals surface area contributed by atoms with Crippen LogP contribution in [0, 0.1) is 11.9 Å². The molecule has 10 nitrogen and oxygen atoms in total. The van der Waals surface area contributed by atoms with Gasteiger partial charge in [0.25, 0.3) is 0 Å². The minimum atomic E-state index is -1.04. The van der Waals surface area contributed by atoms with Crippen LogP contribution >= 0.6 is 0 Å². The van der Waals surface area contributed by atoms with E-state index in [2.05, 4.69) is 24.9 Å². The first-order chi connectivity index (χ1) is 15.9. The molecule has 2 unspecified atom stereocenters. The average molecular weight is 449 g/mol. The zero-order valence-corrected chi connectivity index (χ0v) is 17.7. The summed E-state index contributed by atoms with van der Waals surface area (Å²) < 4.78 is 14.5. The van der Waals surface area contributed by atoms with Crippen LogP contribution < -0.4 is 9.80 Å². The number of aliphatic carboxylic acids is 1. The zero-order chi connectivity index (χ0) is 23.1. The number of nitrogens with zero attached hydrogens (tertiary/aromatic N) is 7. The van der Waals surface area contributed by atoms with Crippen LogP contribution in [0.3, 0.4) is 0 Å². The van der Waals surface area contributed by atoms with E-state index in [0.717, 1.165) is 17.3 Å². The van der Waals surface area contributed by atoms with E-state index in [1.54, 1.807) is 30.7 Å². The molecular weight excluding hydrogens is 429 g/mol. The van der Waals surface area contributed by atoms with Crippen molar-refractivity contribution < 1.29 is 19.1 Å². The van der Waals surface area contributed by atoms with Crippen molar-refractivity contribution >= 4 is 23.4 Å². The number of carboxylic acid groups (broad SMARTS) is 1. The molecule has 0 bridgehead atoms. The van der Waals surface area contributed by atoms with Crippen LogP contribution in [-0.4, -0.2) is 55.0 Å². The Morgan fingerprint density at radius 2 is 1.94 bits per heavy atom. The molecule has 0 spiro atoms. The number of pyridine rings is 1. The maximum absolute atomic E-state index is 14.5. The van der Waals surface area contributed by atoms with Gasteiger partial charge in [0.1, 0.15) is 5.82 Å². The third-order valence-electron chi connectivity index (χ3n) is 6.02. The van der Waals surface area contributed by atoms with Crippen LogP contribution in [0.5, 0.6) is 0 Å². The lowest BCUT2D eigenvalue weighted by molar-refractivity contribution is -0.141. The van der Waals surface area contributed by atoms with Crippen LogP contribution in [0.25, 0.3) is 11.6 Å². The van der Waals surface area contributed by atoms with Crippen molar-refractivity contribution in [3.8, 4) is 11.6 Å².